The lowest BCUT2D eigenvalue weighted by Crippen LogP contribution is -2.38. The van der Waals surface area contributed by atoms with E-state index >= 15 is 0 Å². The number of hydrogen-bond donors (Lipinski definition) is 1. The quantitative estimate of drug-likeness (QED) is 0.849. The SMILES string of the molecule is CC1(C)CC(N)CN1c1cccc(Br)c1. The molecule has 1 aromatic rings. The van der Waals surface area contributed by atoms with Crippen molar-refractivity contribution in [3.8, 4) is 0 Å². The van der Waals surface area contributed by atoms with Crippen LogP contribution in [-0.2, 0) is 0 Å². The highest BCUT2D eigenvalue weighted by atomic mass is 79.9. The van der Waals surface area contributed by atoms with E-state index in [-0.39, 0.29) is 5.54 Å². The summed E-state index contributed by atoms with van der Waals surface area (Å²) in [5.41, 5.74) is 7.44. The number of rotatable bonds is 1. The average molecular weight is 269 g/mol. The number of nitrogens with zero attached hydrogens (tertiary/aromatic N) is 1. The van der Waals surface area contributed by atoms with E-state index in [0.29, 0.717) is 6.04 Å². The minimum Gasteiger partial charge on any atom is -0.365 e. The van der Waals surface area contributed by atoms with Crippen molar-refractivity contribution in [1.29, 1.82) is 0 Å². The Kier molecular flexibility index (Phi) is 2.77. The second kappa shape index (κ2) is 3.80. The van der Waals surface area contributed by atoms with Crippen molar-refractivity contribution in [3.05, 3.63) is 28.7 Å². The molecule has 2 rings (SSSR count). The maximum Gasteiger partial charge on any atom is 0.0382 e. The van der Waals surface area contributed by atoms with Crippen molar-refractivity contribution < 1.29 is 0 Å². The number of halogens is 1. The van der Waals surface area contributed by atoms with Crippen LogP contribution < -0.4 is 10.6 Å². The first-order valence-electron chi connectivity index (χ1n) is 5.28. The lowest BCUT2D eigenvalue weighted by Gasteiger charge is -2.33. The molecule has 1 aromatic carbocycles. The van der Waals surface area contributed by atoms with E-state index in [4.69, 9.17) is 5.73 Å². The molecule has 0 amide bonds. The van der Waals surface area contributed by atoms with Crippen molar-refractivity contribution in [2.45, 2.75) is 31.8 Å². The van der Waals surface area contributed by atoms with Crippen LogP contribution in [0.4, 0.5) is 5.69 Å². The van der Waals surface area contributed by atoms with Gasteiger partial charge in [-0.1, -0.05) is 22.0 Å². The molecule has 0 bridgehead atoms. The summed E-state index contributed by atoms with van der Waals surface area (Å²) >= 11 is 3.50. The Morgan fingerprint density at radius 3 is 2.73 bits per heavy atom. The van der Waals surface area contributed by atoms with Crippen LogP contribution in [0.15, 0.2) is 28.7 Å². The van der Waals surface area contributed by atoms with Gasteiger partial charge in [-0.2, -0.15) is 0 Å². The van der Waals surface area contributed by atoms with Crippen LogP contribution in [0.2, 0.25) is 0 Å². The molecule has 15 heavy (non-hydrogen) atoms. The first-order valence-corrected chi connectivity index (χ1v) is 6.07. The first-order chi connectivity index (χ1) is 6.99. The van der Waals surface area contributed by atoms with Crippen molar-refractivity contribution in [2.75, 3.05) is 11.4 Å². The fourth-order valence-corrected chi connectivity index (χ4v) is 2.78. The van der Waals surface area contributed by atoms with Gasteiger partial charge in [0.05, 0.1) is 0 Å². The number of nitrogens with two attached hydrogens (primary N) is 1. The summed E-state index contributed by atoms with van der Waals surface area (Å²) in [4.78, 5) is 2.39. The van der Waals surface area contributed by atoms with Gasteiger partial charge in [0.15, 0.2) is 0 Å². The van der Waals surface area contributed by atoms with E-state index < -0.39 is 0 Å². The van der Waals surface area contributed by atoms with Gasteiger partial charge in [0.1, 0.15) is 0 Å². The molecule has 1 saturated heterocycles. The van der Waals surface area contributed by atoms with E-state index in [1.807, 2.05) is 6.07 Å². The fourth-order valence-electron chi connectivity index (χ4n) is 2.40. The molecular formula is C12H17BrN2. The van der Waals surface area contributed by atoms with Gasteiger partial charge in [0.2, 0.25) is 0 Å². The Hall–Kier alpha value is -0.540. The van der Waals surface area contributed by atoms with E-state index in [2.05, 4.69) is 52.9 Å². The van der Waals surface area contributed by atoms with Crippen LogP contribution in [0, 0.1) is 0 Å². The Balaban J connectivity index is 2.31. The second-order valence-electron chi connectivity index (χ2n) is 4.87. The molecular weight excluding hydrogens is 252 g/mol. The molecule has 1 aliphatic heterocycles. The summed E-state index contributed by atoms with van der Waals surface area (Å²) in [7, 11) is 0. The van der Waals surface area contributed by atoms with Gasteiger partial charge in [0, 0.05) is 28.3 Å². The van der Waals surface area contributed by atoms with Gasteiger partial charge >= 0.3 is 0 Å². The first kappa shape index (κ1) is 11.0. The molecule has 1 fully saturated rings. The van der Waals surface area contributed by atoms with Crippen molar-refractivity contribution in [1.82, 2.24) is 0 Å². The van der Waals surface area contributed by atoms with Crippen LogP contribution in [0.5, 0.6) is 0 Å². The van der Waals surface area contributed by atoms with Crippen molar-refractivity contribution in [2.24, 2.45) is 5.73 Å². The molecule has 3 heteroatoms. The van der Waals surface area contributed by atoms with Gasteiger partial charge in [-0.3, -0.25) is 0 Å². The van der Waals surface area contributed by atoms with Gasteiger partial charge in [-0.15, -0.1) is 0 Å². The fraction of sp³-hybridized carbons (Fsp3) is 0.500. The van der Waals surface area contributed by atoms with Gasteiger partial charge in [-0.25, -0.2) is 0 Å². The van der Waals surface area contributed by atoms with Crippen LogP contribution >= 0.6 is 15.9 Å². The predicted molar refractivity (Wildman–Crippen MR) is 68.2 cm³/mol. The van der Waals surface area contributed by atoms with Crippen molar-refractivity contribution in [3.63, 3.8) is 0 Å². The molecule has 0 saturated carbocycles. The number of hydrogen-bond acceptors (Lipinski definition) is 2. The molecule has 2 N–H and O–H groups in total. The van der Waals surface area contributed by atoms with Crippen molar-refractivity contribution >= 4 is 21.6 Å². The Morgan fingerprint density at radius 2 is 2.20 bits per heavy atom. The molecule has 0 aliphatic carbocycles. The largest absolute Gasteiger partial charge is 0.365 e. The lowest BCUT2D eigenvalue weighted by atomic mass is 10.0. The molecule has 1 atom stereocenters. The smallest absolute Gasteiger partial charge is 0.0382 e. The van der Waals surface area contributed by atoms with Crippen LogP contribution in [0.25, 0.3) is 0 Å². The number of benzene rings is 1. The Labute approximate surface area is 99.6 Å². The maximum atomic E-state index is 6.02. The lowest BCUT2D eigenvalue weighted by molar-refractivity contribution is 0.506. The summed E-state index contributed by atoms with van der Waals surface area (Å²) in [6.45, 7) is 5.45. The van der Waals surface area contributed by atoms with Crippen LogP contribution in [0.3, 0.4) is 0 Å². The zero-order valence-corrected chi connectivity index (χ0v) is 10.8. The maximum absolute atomic E-state index is 6.02. The molecule has 0 aromatic heterocycles. The van der Waals surface area contributed by atoms with Gasteiger partial charge in [0.25, 0.3) is 0 Å². The second-order valence-corrected chi connectivity index (χ2v) is 5.78. The Bertz CT molecular complexity index is 362. The van der Waals surface area contributed by atoms with E-state index in [0.717, 1.165) is 17.4 Å². The molecule has 1 unspecified atom stereocenters. The predicted octanol–water partition coefficient (Wildman–Crippen LogP) is 2.77. The summed E-state index contributed by atoms with van der Waals surface area (Å²) < 4.78 is 1.12. The van der Waals surface area contributed by atoms with Gasteiger partial charge in [-0.05, 0) is 38.5 Å². The third-order valence-corrected chi connectivity index (χ3v) is 3.52. The highest BCUT2D eigenvalue weighted by Crippen LogP contribution is 2.33. The number of anilines is 1. The topological polar surface area (TPSA) is 29.3 Å². The monoisotopic (exact) mass is 268 g/mol. The van der Waals surface area contributed by atoms with E-state index in [1.165, 1.54) is 5.69 Å². The highest BCUT2D eigenvalue weighted by Gasteiger charge is 2.36. The minimum absolute atomic E-state index is 0.167. The third-order valence-electron chi connectivity index (χ3n) is 3.03. The summed E-state index contributed by atoms with van der Waals surface area (Å²) in [5.74, 6) is 0. The molecule has 0 spiro atoms. The molecule has 2 nitrogen and oxygen atoms in total. The normalized spacial score (nSPS) is 24.5. The summed E-state index contributed by atoms with van der Waals surface area (Å²) in [5, 5.41) is 0. The zero-order chi connectivity index (χ0) is 11.1. The molecule has 0 radical (unpaired) electrons. The van der Waals surface area contributed by atoms with E-state index in [1.54, 1.807) is 0 Å². The molecule has 1 heterocycles. The zero-order valence-electron chi connectivity index (χ0n) is 9.20. The average Bonchev–Trinajstić information content (AvgIpc) is 2.39. The molecule has 82 valence electrons. The standard InChI is InChI=1S/C12H17BrN2/c1-12(2)7-10(14)8-15(12)11-5-3-4-9(13)6-11/h3-6,10H,7-8,14H2,1-2H3. The van der Waals surface area contributed by atoms with E-state index in [9.17, 15) is 0 Å². The third kappa shape index (κ3) is 2.18. The minimum atomic E-state index is 0.167. The van der Waals surface area contributed by atoms with Crippen LogP contribution in [-0.4, -0.2) is 18.1 Å². The molecule has 1 aliphatic rings. The Morgan fingerprint density at radius 1 is 1.47 bits per heavy atom. The summed E-state index contributed by atoms with van der Waals surface area (Å²) in [6, 6.07) is 8.70. The summed E-state index contributed by atoms with van der Waals surface area (Å²) in [6.07, 6.45) is 1.06. The highest BCUT2D eigenvalue weighted by molar-refractivity contribution is 9.10. The van der Waals surface area contributed by atoms with Crippen LogP contribution in [0.1, 0.15) is 20.3 Å². The van der Waals surface area contributed by atoms with Gasteiger partial charge < -0.3 is 10.6 Å².